The number of hydrogen-bond donors (Lipinski definition) is 4. The second-order valence-electron chi connectivity index (χ2n) is 10.2. The molecule has 39 heavy (non-hydrogen) atoms. The highest BCUT2D eigenvalue weighted by atomic mass is 35.5. The number of likely N-dealkylation sites (tertiary alicyclic amines) is 1. The second-order valence-corrected chi connectivity index (χ2v) is 10.7. The van der Waals surface area contributed by atoms with Crippen molar-refractivity contribution in [3.63, 3.8) is 0 Å². The van der Waals surface area contributed by atoms with Crippen molar-refractivity contribution in [2.45, 2.75) is 69.1 Å². The zero-order valence-electron chi connectivity index (χ0n) is 21.8. The highest BCUT2D eigenvalue weighted by Crippen LogP contribution is 2.20. The van der Waals surface area contributed by atoms with E-state index in [1.807, 2.05) is 30.3 Å². The number of benzene rings is 2. The third-order valence-corrected chi connectivity index (χ3v) is 7.54. The minimum Gasteiger partial charge on any atom is -0.480 e. The first-order valence-corrected chi connectivity index (χ1v) is 13.8. The Bertz CT molecular complexity index is 1150. The summed E-state index contributed by atoms with van der Waals surface area (Å²) in [6.07, 6.45) is 3.24. The van der Waals surface area contributed by atoms with Crippen LogP contribution in [0.5, 0.6) is 0 Å². The zero-order chi connectivity index (χ0) is 27.8. The molecule has 10 heteroatoms. The van der Waals surface area contributed by atoms with Crippen molar-refractivity contribution >= 4 is 35.3 Å². The van der Waals surface area contributed by atoms with Gasteiger partial charge in [0.2, 0.25) is 17.7 Å². The Morgan fingerprint density at radius 3 is 2.33 bits per heavy atom. The van der Waals surface area contributed by atoms with Gasteiger partial charge in [-0.25, -0.2) is 4.79 Å². The van der Waals surface area contributed by atoms with Gasteiger partial charge in [0, 0.05) is 30.5 Å². The number of nitrogens with zero attached hydrogens (tertiary/aromatic N) is 1. The van der Waals surface area contributed by atoms with Crippen LogP contribution in [0.15, 0.2) is 54.6 Å². The van der Waals surface area contributed by atoms with Gasteiger partial charge in [-0.2, -0.15) is 0 Å². The minimum atomic E-state index is -1.05. The topological polar surface area (TPSA) is 128 Å². The molecule has 2 aliphatic heterocycles. The van der Waals surface area contributed by atoms with Crippen LogP contribution in [0.2, 0.25) is 5.02 Å². The minimum absolute atomic E-state index is 0.0277. The Labute approximate surface area is 233 Å². The molecule has 0 saturated carbocycles. The van der Waals surface area contributed by atoms with Gasteiger partial charge >= 0.3 is 5.97 Å². The summed E-state index contributed by atoms with van der Waals surface area (Å²) < 4.78 is 0. The Hall–Kier alpha value is -3.43. The van der Waals surface area contributed by atoms with Crippen LogP contribution >= 0.6 is 11.6 Å². The summed E-state index contributed by atoms with van der Waals surface area (Å²) >= 11 is 6.02. The van der Waals surface area contributed by atoms with E-state index in [0.717, 1.165) is 30.5 Å². The number of carbonyl (C=O) groups is 4. The Balaban J connectivity index is 1.49. The Morgan fingerprint density at radius 2 is 1.67 bits per heavy atom. The van der Waals surface area contributed by atoms with Gasteiger partial charge in [-0.05, 0) is 61.9 Å². The van der Waals surface area contributed by atoms with Crippen molar-refractivity contribution < 1.29 is 24.3 Å². The molecule has 2 aromatic rings. The lowest BCUT2D eigenvalue weighted by atomic mass is 10.0. The molecule has 0 aromatic heterocycles. The monoisotopic (exact) mass is 554 g/mol. The summed E-state index contributed by atoms with van der Waals surface area (Å²) in [5.41, 5.74) is 1.76. The van der Waals surface area contributed by atoms with Gasteiger partial charge in [-0.3, -0.25) is 14.4 Å². The van der Waals surface area contributed by atoms with Gasteiger partial charge in [0.1, 0.15) is 12.1 Å². The molecule has 0 bridgehead atoms. The standard InChI is InChI=1S/C29H35ClN4O5/c30-21-12-10-20(11-13-21)17-24(28(37)34-15-5-9-25(34)29(38)39)33-26(35)18-22(16-19-6-2-1-3-7-19)32-27(36)23-8-4-14-31-23/h1-3,6-7,10-13,22-25,31H,4-5,8-9,14-18H2,(H,32,36)(H,33,35)(H,38,39)/t22-,23-,24-,25-/m0/s1. The number of hydrogen-bond acceptors (Lipinski definition) is 5. The maximum Gasteiger partial charge on any atom is 0.326 e. The fourth-order valence-corrected chi connectivity index (χ4v) is 5.43. The molecule has 208 valence electrons. The molecule has 0 unspecified atom stereocenters. The number of amides is 3. The molecule has 3 amide bonds. The van der Waals surface area contributed by atoms with Gasteiger partial charge in [-0.1, -0.05) is 54.1 Å². The van der Waals surface area contributed by atoms with Crippen LogP contribution in [0.4, 0.5) is 0 Å². The molecule has 0 spiro atoms. The van der Waals surface area contributed by atoms with Crippen molar-refractivity contribution in [2.75, 3.05) is 13.1 Å². The van der Waals surface area contributed by atoms with Gasteiger partial charge in [0.05, 0.1) is 6.04 Å². The van der Waals surface area contributed by atoms with Crippen molar-refractivity contribution in [3.05, 3.63) is 70.7 Å². The number of carboxylic acids is 1. The lowest BCUT2D eigenvalue weighted by molar-refractivity contribution is -0.149. The van der Waals surface area contributed by atoms with E-state index < -0.39 is 35.9 Å². The summed E-state index contributed by atoms with van der Waals surface area (Å²) in [6.45, 7) is 1.11. The Kier molecular flexibility index (Phi) is 9.95. The first kappa shape index (κ1) is 28.6. The largest absolute Gasteiger partial charge is 0.480 e. The molecular weight excluding hydrogens is 520 g/mol. The van der Waals surface area contributed by atoms with Gasteiger partial charge in [0.15, 0.2) is 0 Å². The van der Waals surface area contributed by atoms with E-state index in [2.05, 4.69) is 16.0 Å². The predicted octanol–water partition coefficient (Wildman–Crippen LogP) is 2.31. The van der Waals surface area contributed by atoms with Gasteiger partial charge in [0.25, 0.3) is 0 Å². The third kappa shape index (κ3) is 8.03. The van der Waals surface area contributed by atoms with E-state index in [0.29, 0.717) is 30.8 Å². The molecule has 4 N–H and O–H groups in total. The average Bonchev–Trinajstić information content (AvgIpc) is 3.63. The molecule has 2 aromatic carbocycles. The van der Waals surface area contributed by atoms with Crippen LogP contribution in [0.3, 0.4) is 0 Å². The number of rotatable bonds is 11. The van der Waals surface area contributed by atoms with Crippen LogP contribution < -0.4 is 16.0 Å². The molecule has 2 heterocycles. The maximum atomic E-state index is 13.5. The van der Waals surface area contributed by atoms with Crippen molar-refractivity contribution in [2.24, 2.45) is 0 Å². The van der Waals surface area contributed by atoms with E-state index in [-0.39, 0.29) is 24.8 Å². The molecule has 4 atom stereocenters. The van der Waals surface area contributed by atoms with E-state index in [1.165, 1.54) is 4.90 Å². The lowest BCUT2D eigenvalue weighted by Crippen LogP contribution is -2.54. The van der Waals surface area contributed by atoms with Crippen LogP contribution in [0, 0.1) is 0 Å². The van der Waals surface area contributed by atoms with E-state index in [1.54, 1.807) is 24.3 Å². The van der Waals surface area contributed by atoms with E-state index in [4.69, 9.17) is 11.6 Å². The number of aliphatic carboxylic acids is 1. The van der Waals surface area contributed by atoms with Gasteiger partial charge in [-0.15, -0.1) is 0 Å². The van der Waals surface area contributed by atoms with Crippen molar-refractivity contribution in [3.8, 4) is 0 Å². The summed E-state index contributed by atoms with van der Waals surface area (Å²) in [4.78, 5) is 52.8. The Morgan fingerprint density at radius 1 is 0.949 bits per heavy atom. The van der Waals surface area contributed by atoms with Crippen molar-refractivity contribution in [1.29, 1.82) is 0 Å². The van der Waals surface area contributed by atoms with E-state index >= 15 is 0 Å². The summed E-state index contributed by atoms with van der Waals surface area (Å²) in [5.74, 6) is -2.02. The molecule has 0 radical (unpaired) electrons. The summed E-state index contributed by atoms with van der Waals surface area (Å²) in [5, 5.41) is 19.2. The number of carboxylic acid groups (broad SMARTS) is 1. The van der Waals surface area contributed by atoms with Crippen LogP contribution in [-0.4, -0.2) is 71.0 Å². The SMILES string of the molecule is O=C(C[C@H](Cc1ccccc1)NC(=O)[C@@H]1CCCN1)N[C@@H](Cc1ccc(Cl)cc1)C(=O)N1CCC[C@H]1C(=O)O. The van der Waals surface area contributed by atoms with Crippen LogP contribution in [0.1, 0.15) is 43.2 Å². The first-order valence-electron chi connectivity index (χ1n) is 13.4. The zero-order valence-corrected chi connectivity index (χ0v) is 22.5. The van der Waals surface area contributed by atoms with Crippen LogP contribution in [0.25, 0.3) is 0 Å². The lowest BCUT2D eigenvalue weighted by Gasteiger charge is -2.28. The first-order chi connectivity index (χ1) is 18.8. The molecular formula is C29H35ClN4O5. The molecule has 2 saturated heterocycles. The molecule has 0 aliphatic carbocycles. The van der Waals surface area contributed by atoms with E-state index in [9.17, 15) is 24.3 Å². The molecule has 2 fully saturated rings. The smallest absolute Gasteiger partial charge is 0.326 e. The normalized spacial score (nSPS) is 20.3. The quantitative estimate of drug-likeness (QED) is 0.337. The second kappa shape index (κ2) is 13.6. The number of nitrogens with one attached hydrogen (secondary N) is 3. The third-order valence-electron chi connectivity index (χ3n) is 7.29. The van der Waals surface area contributed by atoms with Crippen molar-refractivity contribution in [1.82, 2.24) is 20.9 Å². The maximum absolute atomic E-state index is 13.5. The molecule has 4 rings (SSSR count). The fraction of sp³-hybridized carbons (Fsp3) is 0.448. The fourth-order valence-electron chi connectivity index (χ4n) is 5.30. The summed E-state index contributed by atoms with van der Waals surface area (Å²) in [6, 6.07) is 13.9. The molecule has 2 aliphatic rings. The summed E-state index contributed by atoms with van der Waals surface area (Å²) in [7, 11) is 0. The molecule has 9 nitrogen and oxygen atoms in total. The highest BCUT2D eigenvalue weighted by molar-refractivity contribution is 6.30. The average molecular weight is 555 g/mol. The predicted molar refractivity (Wildman–Crippen MR) is 147 cm³/mol. The highest BCUT2D eigenvalue weighted by Gasteiger charge is 2.38. The van der Waals surface area contributed by atoms with Crippen LogP contribution in [-0.2, 0) is 32.0 Å². The number of carbonyl (C=O) groups excluding carboxylic acids is 3. The number of halogens is 1. The van der Waals surface area contributed by atoms with Gasteiger partial charge < -0.3 is 26.0 Å².